The summed E-state index contributed by atoms with van der Waals surface area (Å²) in [4.78, 5) is 11.8. The highest BCUT2D eigenvalue weighted by molar-refractivity contribution is 5.86. The Balaban J connectivity index is 1.59. The van der Waals surface area contributed by atoms with Gasteiger partial charge in [-0.05, 0) is 62.7 Å². The lowest BCUT2D eigenvalue weighted by atomic mass is 9.54. The van der Waals surface area contributed by atoms with Crippen LogP contribution >= 0.6 is 0 Å². The van der Waals surface area contributed by atoms with Gasteiger partial charge in [-0.3, -0.25) is 9.80 Å². The Morgan fingerprint density at radius 1 is 1.06 bits per heavy atom. The van der Waals surface area contributed by atoms with Gasteiger partial charge in [-0.25, -0.2) is 5.43 Å². The number of nitrogens with zero attached hydrogens (tertiary/aromatic N) is 1. The molecule has 88 valence electrons. The maximum atomic E-state index is 11.8. The summed E-state index contributed by atoms with van der Waals surface area (Å²) in [6.07, 6.45) is 7.03. The first-order valence-electron chi connectivity index (χ1n) is 6.81. The predicted octanol–water partition coefficient (Wildman–Crippen LogP) is 1.55. The molecule has 0 aromatic rings. The van der Waals surface area contributed by atoms with Crippen LogP contribution in [0.5, 0.6) is 0 Å². The molecule has 4 aliphatic carbocycles. The monoisotopic (exact) mass is 220 g/mol. The van der Waals surface area contributed by atoms with Crippen LogP contribution < -0.4 is 5.43 Å². The van der Waals surface area contributed by atoms with E-state index in [0.29, 0.717) is 11.9 Å². The van der Waals surface area contributed by atoms with Crippen molar-refractivity contribution in [1.82, 2.24) is 10.4 Å². The van der Waals surface area contributed by atoms with Crippen LogP contribution in [0.25, 0.3) is 0 Å². The molecule has 1 N–H and O–H groups in total. The molecule has 1 heterocycles. The van der Waals surface area contributed by atoms with E-state index in [4.69, 9.17) is 0 Å². The van der Waals surface area contributed by atoms with E-state index in [2.05, 4.69) is 5.43 Å². The van der Waals surface area contributed by atoms with Crippen molar-refractivity contribution in [3.8, 4) is 0 Å². The minimum absolute atomic E-state index is 0.0668. The zero-order valence-corrected chi connectivity index (χ0v) is 9.86. The Morgan fingerprint density at radius 2 is 1.62 bits per heavy atom. The van der Waals surface area contributed by atoms with Gasteiger partial charge < -0.3 is 0 Å². The van der Waals surface area contributed by atoms with Gasteiger partial charge in [0.2, 0.25) is 0 Å². The molecule has 1 atom stereocenters. The molecule has 1 aliphatic heterocycles. The first-order chi connectivity index (χ1) is 7.72. The van der Waals surface area contributed by atoms with Gasteiger partial charge in [0.1, 0.15) is 6.04 Å². The summed E-state index contributed by atoms with van der Waals surface area (Å²) in [7, 11) is 0. The smallest absolute Gasteiger partial charge is 0.255 e. The van der Waals surface area contributed by atoms with Crippen LogP contribution in [0, 0.1) is 23.7 Å². The molecule has 3 nitrogen and oxygen atoms in total. The van der Waals surface area contributed by atoms with Crippen molar-refractivity contribution in [2.45, 2.75) is 51.1 Å². The fourth-order valence-electron chi connectivity index (χ4n) is 5.02. The first kappa shape index (κ1) is 9.46. The number of hydrogen-bond acceptors (Lipinski definition) is 2. The molecule has 4 bridgehead atoms. The largest absolute Gasteiger partial charge is 0.272 e. The van der Waals surface area contributed by atoms with Crippen LogP contribution in [0.3, 0.4) is 0 Å². The molecule has 1 unspecified atom stereocenters. The van der Waals surface area contributed by atoms with Gasteiger partial charge in [-0.1, -0.05) is 0 Å². The number of carbonyl (C=O) groups excluding carboxylic acids is 1. The number of nitrogens with one attached hydrogen (secondary N) is 1. The van der Waals surface area contributed by atoms with Crippen LogP contribution in [0.4, 0.5) is 0 Å². The molecule has 4 saturated carbocycles. The Morgan fingerprint density at radius 3 is 2.06 bits per heavy atom. The summed E-state index contributed by atoms with van der Waals surface area (Å²) < 4.78 is 0. The second-order valence-electron chi connectivity index (χ2n) is 6.48. The zero-order valence-electron chi connectivity index (χ0n) is 9.86. The van der Waals surface area contributed by atoms with Gasteiger partial charge in [0.25, 0.3) is 5.91 Å². The lowest BCUT2D eigenvalue weighted by Gasteiger charge is -2.59. The standard InChI is InChI=1S/C13H20N2O/c1-7-13(16)15(14-7)12-10-3-8-2-9(5-10)6-11(12)4-8/h7-12,14H,2-6H2,1H3. The van der Waals surface area contributed by atoms with Gasteiger partial charge in [-0.15, -0.1) is 0 Å². The molecule has 0 radical (unpaired) electrons. The topological polar surface area (TPSA) is 32.3 Å². The van der Waals surface area contributed by atoms with Crippen molar-refractivity contribution in [3.63, 3.8) is 0 Å². The van der Waals surface area contributed by atoms with Crippen LogP contribution in [0.15, 0.2) is 0 Å². The molecule has 16 heavy (non-hydrogen) atoms. The zero-order chi connectivity index (χ0) is 10.9. The molecular formula is C13H20N2O. The molecule has 3 heteroatoms. The Labute approximate surface area is 96.5 Å². The van der Waals surface area contributed by atoms with Crippen molar-refractivity contribution in [1.29, 1.82) is 0 Å². The van der Waals surface area contributed by atoms with Gasteiger partial charge in [-0.2, -0.15) is 0 Å². The number of carbonyl (C=O) groups is 1. The van der Waals surface area contributed by atoms with E-state index in [-0.39, 0.29) is 6.04 Å². The molecule has 5 aliphatic rings. The van der Waals surface area contributed by atoms with Crippen LogP contribution in [0.1, 0.15) is 39.0 Å². The molecule has 1 saturated heterocycles. The van der Waals surface area contributed by atoms with E-state index < -0.39 is 0 Å². The second kappa shape index (κ2) is 3.00. The van der Waals surface area contributed by atoms with E-state index in [1.54, 1.807) is 0 Å². The quantitative estimate of drug-likeness (QED) is 0.727. The maximum absolute atomic E-state index is 11.8. The van der Waals surface area contributed by atoms with Crippen molar-refractivity contribution in [3.05, 3.63) is 0 Å². The lowest BCUT2D eigenvalue weighted by molar-refractivity contribution is -0.172. The SMILES string of the molecule is CC1NN(C2C3CC4CC(C3)CC2C4)C1=O. The third kappa shape index (κ3) is 1.10. The molecule has 5 rings (SSSR count). The number of rotatable bonds is 1. The fourth-order valence-corrected chi connectivity index (χ4v) is 5.02. The van der Waals surface area contributed by atoms with Gasteiger partial charge in [0.05, 0.1) is 6.04 Å². The van der Waals surface area contributed by atoms with E-state index in [9.17, 15) is 4.79 Å². The van der Waals surface area contributed by atoms with Gasteiger partial charge in [0.15, 0.2) is 0 Å². The van der Waals surface area contributed by atoms with E-state index in [0.717, 1.165) is 23.7 Å². The number of amides is 1. The average Bonchev–Trinajstić information content (AvgIpc) is 2.26. The minimum atomic E-state index is 0.0668. The maximum Gasteiger partial charge on any atom is 0.255 e. The Hall–Kier alpha value is -0.570. The molecule has 0 aromatic carbocycles. The lowest BCUT2D eigenvalue weighted by Crippen LogP contribution is -2.73. The normalized spacial score (nSPS) is 54.3. The Bertz CT molecular complexity index is 313. The van der Waals surface area contributed by atoms with Gasteiger partial charge in [0, 0.05) is 0 Å². The second-order valence-corrected chi connectivity index (χ2v) is 6.48. The third-order valence-electron chi connectivity index (χ3n) is 5.42. The minimum Gasteiger partial charge on any atom is -0.272 e. The summed E-state index contributed by atoms with van der Waals surface area (Å²) >= 11 is 0. The molecule has 0 spiro atoms. The molecule has 1 amide bonds. The summed E-state index contributed by atoms with van der Waals surface area (Å²) in [5.74, 6) is 3.93. The average molecular weight is 220 g/mol. The van der Waals surface area contributed by atoms with Gasteiger partial charge >= 0.3 is 0 Å². The highest BCUT2D eigenvalue weighted by atomic mass is 16.2. The highest BCUT2D eigenvalue weighted by Crippen LogP contribution is 2.55. The molecule has 5 fully saturated rings. The summed E-state index contributed by atoms with van der Waals surface area (Å²) in [5.41, 5.74) is 3.30. The summed E-state index contributed by atoms with van der Waals surface area (Å²) in [6, 6.07) is 0.605. The number of hydrazine groups is 1. The van der Waals surface area contributed by atoms with Crippen molar-refractivity contribution in [2.75, 3.05) is 0 Å². The van der Waals surface area contributed by atoms with E-state index >= 15 is 0 Å². The fraction of sp³-hybridized carbons (Fsp3) is 0.923. The van der Waals surface area contributed by atoms with Crippen LogP contribution in [0.2, 0.25) is 0 Å². The highest BCUT2D eigenvalue weighted by Gasteiger charge is 2.53. The van der Waals surface area contributed by atoms with Crippen molar-refractivity contribution < 1.29 is 4.79 Å². The summed E-state index contributed by atoms with van der Waals surface area (Å²) in [6.45, 7) is 1.97. The van der Waals surface area contributed by atoms with Crippen molar-refractivity contribution >= 4 is 5.91 Å². The van der Waals surface area contributed by atoms with E-state index in [1.807, 2.05) is 11.9 Å². The van der Waals surface area contributed by atoms with Crippen LogP contribution in [-0.4, -0.2) is 23.0 Å². The number of hydrogen-bond donors (Lipinski definition) is 1. The first-order valence-corrected chi connectivity index (χ1v) is 6.81. The van der Waals surface area contributed by atoms with Crippen molar-refractivity contribution in [2.24, 2.45) is 23.7 Å². The van der Waals surface area contributed by atoms with E-state index in [1.165, 1.54) is 32.1 Å². The summed E-state index contributed by atoms with van der Waals surface area (Å²) in [5, 5.41) is 1.98. The molecular weight excluding hydrogens is 200 g/mol. The predicted molar refractivity (Wildman–Crippen MR) is 60.3 cm³/mol. The molecule has 0 aromatic heterocycles. The third-order valence-corrected chi connectivity index (χ3v) is 5.42. The van der Waals surface area contributed by atoms with Crippen LogP contribution in [-0.2, 0) is 4.79 Å². The Kier molecular flexibility index (Phi) is 1.78.